The number of pyridine rings is 1. The predicted octanol–water partition coefficient (Wildman–Crippen LogP) is 2.79. The van der Waals surface area contributed by atoms with Gasteiger partial charge >= 0.3 is 0 Å². The molecule has 114 valence electrons. The molecule has 0 unspecified atom stereocenters. The molecule has 5 heteroatoms. The lowest BCUT2D eigenvalue weighted by molar-refractivity contribution is -0.131. The molecule has 1 aromatic heterocycles. The molecule has 0 spiro atoms. The van der Waals surface area contributed by atoms with Crippen molar-refractivity contribution in [3.05, 3.63) is 47.2 Å². The smallest absolute Gasteiger partial charge is 0.260 e. The largest absolute Gasteiger partial charge is 0.482 e. The van der Waals surface area contributed by atoms with E-state index in [2.05, 4.69) is 36.3 Å². The minimum absolute atomic E-state index is 0.0399. The number of ether oxygens (including phenoxy) is 1. The van der Waals surface area contributed by atoms with Gasteiger partial charge in [-0.2, -0.15) is 0 Å². The molecular formula is C17H19N3O2. The summed E-state index contributed by atoms with van der Waals surface area (Å²) in [5.74, 6) is 1.38. The van der Waals surface area contributed by atoms with Gasteiger partial charge in [-0.1, -0.05) is 17.7 Å². The summed E-state index contributed by atoms with van der Waals surface area (Å²) in [6, 6.07) is 9.97. The number of nitrogens with one attached hydrogen (secondary N) is 1. The lowest BCUT2D eigenvalue weighted by atomic mass is 10.1. The van der Waals surface area contributed by atoms with Crippen molar-refractivity contribution in [3.8, 4) is 5.75 Å². The quantitative estimate of drug-likeness (QED) is 0.926. The molecule has 1 aliphatic heterocycles. The van der Waals surface area contributed by atoms with Crippen LogP contribution in [0, 0.1) is 13.8 Å². The van der Waals surface area contributed by atoms with Gasteiger partial charge in [-0.15, -0.1) is 0 Å². The van der Waals surface area contributed by atoms with Gasteiger partial charge in [-0.05, 0) is 37.6 Å². The number of benzene rings is 1. The van der Waals surface area contributed by atoms with Crippen LogP contribution in [0.4, 0.5) is 11.5 Å². The topological polar surface area (TPSA) is 54.5 Å². The molecule has 0 bridgehead atoms. The number of aromatic nitrogens is 1. The minimum Gasteiger partial charge on any atom is -0.482 e. The van der Waals surface area contributed by atoms with Gasteiger partial charge in [0.05, 0.1) is 6.54 Å². The number of aryl methyl sites for hydroxylation is 2. The van der Waals surface area contributed by atoms with Crippen LogP contribution >= 0.6 is 0 Å². The van der Waals surface area contributed by atoms with E-state index >= 15 is 0 Å². The third-order valence-electron chi connectivity index (χ3n) is 3.74. The number of carbonyl (C=O) groups is 1. The first-order chi connectivity index (χ1) is 10.5. The van der Waals surface area contributed by atoms with Gasteiger partial charge in [0.2, 0.25) is 0 Å². The number of hydrogen-bond acceptors (Lipinski definition) is 4. The average molecular weight is 297 g/mol. The molecule has 0 aliphatic carbocycles. The van der Waals surface area contributed by atoms with Crippen molar-refractivity contribution in [2.24, 2.45) is 0 Å². The zero-order chi connectivity index (χ0) is 15.7. The van der Waals surface area contributed by atoms with E-state index in [1.165, 1.54) is 11.1 Å². The van der Waals surface area contributed by atoms with Crippen LogP contribution in [0.5, 0.6) is 5.75 Å². The Bertz CT molecular complexity index is 728. The maximum absolute atomic E-state index is 11.7. The van der Waals surface area contributed by atoms with E-state index in [0.29, 0.717) is 12.3 Å². The van der Waals surface area contributed by atoms with Gasteiger partial charge in [0.15, 0.2) is 6.61 Å². The molecule has 3 rings (SSSR count). The fourth-order valence-corrected chi connectivity index (χ4v) is 2.46. The van der Waals surface area contributed by atoms with Crippen molar-refractivity contribution in [2.75, 3.05) is 19.0 Å². The molecule has 5 nitrogen and oxygen atoms in total. The average Bonchev–Trinajstić information content (AvgIpc) is 2.61. The fourth-order valence-electron chi connectivity index (χ4n) is 2.46. The summed E-state index contributed by atoms with van der Waals surface area (Å²) in [6.07, 6.45) is 0. The van der Waals surface area contributed by atoms with Gasteiger partial charge in [-0.3, -0.25) is 4.79 Å². The van der Waals surface area contributed by atoms with Crippen molar-refractivity contribution < 1.29 is 9.53 Å². The SMILES string of the molecule is Cc1ccc(Nc2ccc3c(n2)CN(C)C(=O)CO3)c(C)c1. The van der Waals surface area contributed by atoms with Gasteiger partial charge in [0, 0.05) is 12.7 Å². The van der Waals surface area contributed by atoms with E-state index in [0.717, 1.165) is 17.2 Å². The number of hydrogen-bond donors (Lipinski definition) is 1. The molecule has 0 radical (unpaired) electrons. The highest BCUT2D eigenvalue weighted by Crippen LogP contribution is 2.26. The number of amides is 1. The fraction of sp³-hybridized carbons (Fsp3) is 0.294. The summed E-state index contributed by atoms with van der Waals surface area (Å²) < 4.78 is 5.49. The van der Waals surface area contributed by atoms with Gasteiger partial charge in [0.25, 0.3) is 5.91 Å². The zero-order valence-corrected chi connectivity index (χ0v) is 13.0. The standard InChI is InChI=1S/C17H19N3O2/c1-11-4-5-13(12(2)8-11)18-16-7-6-15-14(19-16)9-20(3)17(21)10-22-15/h4-8H,9-10H2,1-3H3,(H,18,19). The van der Waals surface area contributed by atoms with Crippen LogP contribution < -0.4 is 10.1 Å². The molecule has 22 heavy (non-hydrogen) atoms. The Morgan fingerprint density at radius 3 is 2.82 bits per heavy atom. The Morgan fingerprint density at radius 2 is 2.05 bits per heavy atom. The highest BCUT2D eigenvalue weighted by Gasteiger charge is 2.19. The summed E-state index contributed by atoms with van der Waals surface area (Å²) in [4.78, 5) is 17.9. The van der Waals surface area contributed by atoms with Crippen molar-refractivity contribution in [2.45, 2.75) is 20.4 Å². The summed E-state index contributed by atoms with van der Waals surface area (Å²) in [5.41, 5.74) is 4.19. The van der Waals surface area contributed by atoms with Crippen LogP contribution in [0.25, 0.3) is 0 Å². The molecular weight excluding hydrogens is 278 g/mol. The van der Waals surface area contributed by atoms with Crippen LogP contribution in [0.2, 0.25) is 0 Å². The second kappa shape index (κ2) is 5.67. The van der Waals surface area contributed by atoms with Crippen molar-refractivity contribution in [3.63, 3.8) is 0 Å². The van der Waals surface area contributed by atoms with Gasteiger partial charge < -0.3 is 15.0 Å². The van der Waals surface area contributed by atoms with E-state index in [1.54, 1.807) is 11.9 Å². The molecule has 0 saturated carbocycles. The molecule has 0 fully saturated rings. The number of rotatable bonds is 2. The maximum atomic E-state index is 11.7. The second-order valence-electron chi connectivity index (χ2n) is 5.62. The first kappa shape index (κ1) is 14.4. The Morgan fingerprint density at radius 1 is 1.23 bits per heavy atom. The molecule has 1 aromatic carbocycles. The summed E-state index contributed by atoms with van der Waals surface area (Å²) >= 11 is 0. The van der Waals surface area contributed by atoms with Crippen molar-refractivity contribution in [1.82, 2.24) is 9.88 Å². The Hall–Kier alpha value is -2.56. The van der Waals surface area contributed by atoms with Crippen molar-refractivity contribution in [1.29, 1.82) is 0 Å². The molecule has 1 amide bonds. The van der Waals surface area contributed by atoms with Crippen LogP contribution in [0.1, 0.15) is 16.8 Å². The molecule has 0 atom stereocenters. The molecule has 1 aliphatic rings. The molecule has 2 heterocycles. The normalized spacial score (nSPS) is 14.1. The Labute approximate surface area is 129 Å². The molecule has 0 saturated heterocycles. The zero-order valence-electron chi connectivity index (χ0n) is 13.0. The predicted molar refractivity (Wildman–Crippen MR) is 85.4 cm³/mol. The van der Waals surface area contributed by atoms with E-state index in [-0.39, 0.29) is 12.5 Å². The summed E-state index contributed by atoms with van der Waals surface area (Å²) in [6.45, 7) is 4.65. The van der Waals surface area contributed by atoms with Crippen molar-refractivity contribution >= 4 is 17.4 Å². The minimum atomic E-state index is -0.0399. The van der Waals surface area contributed by atoms with E-state index in [4.69, 9.17) is 4.74 Å². The monoisotopic (exact) mass is 297 g/mol. The Balaban J connectivity index is 1.87. The van der Waals surface area contributed by atoms with Crippen LogP contribution in [-0.4, -0.2) is 29.4 Å². The number of likely N-dealkylation sites (N-methyl/N-ethyl adjacent to an activating group) is 1. The third-order valence-corrected chi connectivity index (χ3v) is 3.74. The number of fused-ring (bicyclic) bond motifs is 1. The second-order valence-corrected chi connectivity index (χ2v) is 5.62. The lowest BCUT2D eigenvalue weighted by Gasteiger charge is -2.14. The Kier molecular flexibility index (Phi) is 3.71. The van der Waals surface area contributed by atoms with E-state index in [9.17, 15) is 4.79 Å². The summed E-state index contributed by atoms with van der Waals surface area (Å²) in [7, 11) is 1.76. The van der Waals surface area contributed by atoms with Crippen LogP contribution in [0.3, 0.4) is 0 Å². The first-order valence-corrected chi connectivity index (χ1v) is 7.24. The number of nitrogens with zero attached hydrogens (tertiary/aromatic N) is 2. The molecule has 2 aromatic rings. The number of carbonyl (C=O) groups excluding carboxylic acids is 1. The van der Waals surface area contributed by atoms with Gasteiger partial charge in [-0.25, -0.2) is 4.98 Å². The highest BCUT2D eigenvalue weighted by molar-refractivity contribution is 5.78. The lowest BCUT2D eigenvalue weighted by Crippen LogP contribution is -2.28. The molecule has 1 N–H and O–H groups in total. The van der Waals surface area contributed by atoms with Crippen LogP contribution in [-0.2, 0) is 11.3 Å². The highest BCUT2D eigenvalue weighted by atomic mass is 16.5. The maximum Gasteiger partial charge on any atom is 0.260 e. The number of anilines is 2. The first-order valence-electron chi connectivity index (χ1n) is 7.24. The van der Waals surface area contributed by atoms with Crippen LogP contribution in [0.15, 0.2) is 30.3 Å². The summed E-state index contributed by atoms with van der Waals surface area (Å²) in [5, 5.41) is 3.33. The third kappa shape index (κ3) is 2.88. The van der Waals surface area contributed by atoms with Gasteiger partial charge in [0.1, 0.15) is 17.3 Å². The van der Waals surface area contributed by atoms with E-state index < -0.39 is 0 Å². The van der Waals surface area contributed by atoms with E-state index in [1.807, 2.05) is 18.2 Å².